The number of nitrogens with one attached hydrogen (secondary N) is 3. The van der Waals surface area contributed by atoms with Crippen LogP contribution in [0.4, 0.5) is 58.4 Å². The van der Waals surface area contributed by atoms with E-state index in [1.807, 2.05) is 0 Å². The van der Waals surface area contributed by atoms with Gasteiger partial charge in [0.15, 0.2) is 5.82 Å². The van der Waals surface area contributed by atoms with Gasteiger partial charge in [-0.15, -0.1) is 0 Å². The normalized spacial score (nSPS) is 12.6. The third-order valence-corrected chi connectivity index (χ3v) is 6.04. The van der Waals surface area contributed by atoms with Crippen LogP contribution in [0.25, 0.3) is 0 Å². The summed E-state index contributed by atoms with van der Waals surface area (Å²) in [6.07, 6.45) is -9.57. The molecule has 1 aromatic heterocycles. The number of methoxy groups -OCH3 is 1. The number of aromatic nitrogens is 2. The van der Waals surface area contributed by atoms with Gasteiger partial charge in [-0.05, 0) is 62.4 Å². The minimum Gasteiger partial charge on any atom is -0.495 e. The molecule has 236 valence electrons. The lowest BCUT2D eigenvalue weighted by Crippen LogP contribution is -2.10. The number of nitrogens with zero attached hydrogens (tertiary/aromatic N) is 4. The standard InChI is InChI=1S/C29H23F8N7O/c1-15(17-8-19(28(32,33)34)12-21(30)10-17)41-43-26-14-25(38-23-6-4-5-7-24(23)45-3)39-27(40-26)44-42-16(2)18-9-20(29(35,36)37)13-22(31)11-18/h4-14H,1-3H3,(H3,38,39,40,43,44). The molecule has 0 saturated carbocycles. The molecule has 0 atom stereocenters. The highest BCUT2D eigenvalue weighted by molar-refractivity contribution is 5.99. The number of rotatable bonds is 9. The lowest BCUT2D eigenvalue weighted by molar-refractivity contribution is -0.138. The van der Waals surface area contributed by atoms with Gasteiger partial charge in [0.25, 0.3) is 0 Å². The van der Waals surface area contributed by atoms with Crippen LogP contribution in [0.15, 0.2) is 76.9 Å². The number of hydrogen-bond acceptors (Lipinski definition) is 8. The van der Waals surface area contributed by atoms with E-state index in [0.717, 1.165) is 24.3 Å². The number of para-hydroxylation sites is 2. The molecule has 3 aromatic carbocycles. The number of anilines is 4. The molecule has 0 aliphatic heterocycles. The molecule has 0 unspecified atom stereocenters. The van der Waals surface area contributed by atoms with Gasteiger partial charge in [0.05, 0.1) is 35.3 Å². The van der Waals surface area contributed by atoms with Crippen LogP contribution in [0, 0.1) is 11.6 Å². The molecule has 8 nitrogen and oxygen atoms in total. The van der Waals surface area contributed by atoms with Gasteiger partial charge in [0, 0.05) is 17.2 Å². The lowest BCUT2D eigenvalue weighted by Gasteiger charge is -2.13. The van der Waals surface area contributed by atoms with Gasteiger partial charge in [-0.1, -0.05) is 12.1 Å². The summed E-state index contributed by atoms with van der Waals surface area (Å²) in [4.78, 5) is 8.44. The zero-order valence-corrected chi connectivity index (χ0v) is 23.6. The summed E-state index contributed by atoms with van der Waals surface area (Å²) in [5.41, 5.74) is 2.77. The summed E-state index contributed by atoms with van der Waals surface area (Å²) in [6, 6.07) is 12.1. The van der Waals surface area contributed by atoms with Crippen LogP contribution >= 0.6 is 0 Å². The number of halogens is 8. The van der Waals surface area contributed by atoms with Gasteiger partial charge >= 0.3 is 12.4 Å². The van der Waals surface area contributed by atoms with Crippen molar-refractivity contribution in [1.29, 1.82) is 0 Å². The molecule has 0 bridgehead atoms. The summed E-state index contributed by atoms with van der Waals surface area (Å²) < 4.78 is 112. The average Bonchev–Trinajstić information content (AvgIpc) is 2.97. The van der Waals surface area contributed by atoms with E-state index in [1.165, 1.54) is 27.0 Å². The van der Waals surface area contributed by atoms with Crippen molar-refractivity contribution in [2.24, 2.45) is 10.2 Å². The maximum atomic E-state index is 13.9. The second-order valence-corrected chi connectivity index (χ2v) is 9.36. The van der Waals surface area contributed by atoms with E-state index in [4.69, 9.17) is 4.74 Å². The Morgan fingerprint density at radius 3 is 1.73 bits per heavy atom. The van der Waals surface area contributed by atoms with Crippen LogP contribution in [0.3, 0.4) is 0 Å². The van der Waals surface area contributed by atoms with Crippen LogP contribution in [-0.4, -0.2) is 28.5 Å². The first-order chi connectivity index (χ1) is 21.1. The summed E-state index contributed by atoms with van der Waals surface area (Å²) in [5.74, 6) is -1.87. The van der Waals surface area contributed by atoms with E-state index in [9.17, 15) is 35.1 Å². The van der Waals surface area contributed by atoms with E-state index in [2.05, 4.69) is 36.3 Å². The fourth-order valence-electron chi connectivity index (χ4n) is 3.83. The molecule has 0 saturated heterocycles. The highest BCUT2D eigenvalue weighted by atomic mass is 19.4. The van der Waals surface area contributed by atoms with E-state index >= 15 is 0 Å². The highest BCUT2D eigenvalue weighted by Gasteiger charge is 2.32. The Morgan fingerprint density at radius 1 is 0.689 bits per heavy atom. The lowest BCUT2D eigenvalue weighted by atomic mass is 10.1. The smallest absolute Gasteiger partial charge is 0.416 e. The van der Waals surface area contributed by atoms with E-state index in [0.29, 0.717) is 23.6 Å². The second kappa shape index (κ2) is 13.2. The summed E-state index contributed by atoms with van der Waals surface area (Å²) in [6.45, 7) is 2.68. The highest BCUT2D eigenvalue weighted by Crippen LogP contribution is 2.32. The topological polar surface area (TPSA) is 95.8 Å². The number of benzene rings is 3. The van der Waals surface area contributed by atoms with Gasteiger partial charge in [-0.3, -0.25) is 5.43 Å². The first kappa shape index (κ1) is 32.6. The van der Waals surface area contributed by atoms with Crippen molar-refractivity contribution in [3.05, 3.63) is 101 Å². The third kappa shape index (κ3) is 8.64. The predicted octanol–water partition coefficient (Wildman–Crippen LogP) is 8.22. The number of hydrogen-bond donors (Lipinski definition) is 3. The van der Waals surface area contributed by atoms with Crippen molar-refractivity contribution in [2.45, 2.75) is 26.2 Å². The molecule has 3 N–H and O–H groups in total. The first-order valence-electron chi connectivity index (χ1n) is 12.8. The third-order valence-electron chi connectivity index (χ3n) is 6.04. The maximum Gasteiger partial charge on any atom is 0.416 e. The molecule has 4 rings (SSSR count). The summed E-state index contributed by atoms with van der Waals surface area (Å²) >= 11 is 0. The Kier molecular flexibility index (Phi) is 9.54. The Balaban J connectivity index is 1.68. The quantitative estimate of drug-likeness (QED) is 0.0973. The molecule has 4 aromatic rings. The van der Waals surface area contributed by atoms with Gasteiger partial charge in [-0.25, -0.2) is 14.2 Å². The molecule has 16 heteroatoms. The van der Waals surface area contributed by atoms with Crippen molar-refractivity contribution in [3.63, 3.8) is 0 Å². The van der Waals surface area contributed by atoms with Crippen molar-refractivity contribution in [1.82, 2.24) is 9.97 Å². The first-order valence-corrected chi connectivity index (χ1v) is 12.8. The number of ether oxygens (including phenoxy) is 1. The largest absolute Gasteiger partial charge is 0.495 e. The SMILES string of the molecule is COc1ccccc1Nc1cc(NN=C(C)c2cc(F)cc(C(F)(F)F)c2)nc(NN=C(C)c2cc(F)cc(C(F)(F)F)c2)n1. The van der Waals surface area contributed by atoms with Crippen LogP contribution in [0.2, 0.25) is 0 Å². The van der Waals surface area contributed by atoms with Crippen LogP contribution < -0.4 is 20.9 Å². The fourth-order valence-corrected chi connectivity index (χ4v) is 3.83. The van der Waals surface area contributed by atoms with Crippen molar-refractivity contribution in [2.75, 3.05) is 23.3 Å². The van der Waals surface area contributed by atoms with Gasteiger partial charge in [-0.2, -0.15) is 46.5 Å². The summed E-state index contributed by atoms with van der Waals surface area (Å²) in [5, 5.41) is 11.0. The van der Waals surface area contributed by atoms with Crippen molar-refractivity contribution >= 4 is 34.7 Å². The molecule has 0 aliphatic rings. The molecule has 0 aliphatic carbocycles. The molecule has 0 amide bonds. The minimum atomic E-state index is -4.79. The number of hydrazone groups is 2. The Morgan fingerprint density at radius 2 is 1.20 bits per heavy atom. The minimum absolute atomic E-state index is 0.0188. The fraction of sp³-hybridized carbons (Fsp3) is 0.172. The van der Waals surface area contributed by atoms with E-state index in [1.54, 1.807) is 24.3 Å². The monoisotopic (exact) mass is 637 g/mol. The van der Waals surface area contributed by atoms with Crippen LogP contribution in [0.5, 0.6) is 5.75 Å². The number of alkyl halides is 6. The average molecular weight is 638 g/mol. The molecule has 0 spiro atoms. The van der Waals surface area contributed by atoms with Gasteiger partial charge in [0.1, 0.15) is 23.2 Å². The second-order valence-electron chi connectivity index (χ2n) is 9.36. The van der Waals surface area contributed by atoms with Crippen molar-refractivity contribution < 1.29 is 39.9 Å². The van der Waals surface area contributed by atoms with Crippen LogP contribution in [0.1, 0.15) is 36.1 Å². The van der Waals surface area contributed by atoms with E-state index < -0.39 is 35.1 Å². The van der Waals surface area contributed by atoms with Gasteiger partial charge < -0.3 is 10.1 Å². The molecular weight excluding hydrogens is 614 g/mol. The molecule has 45 heavy (non-hydrogen) atoms. The van der Waals surface area contributed by atoms with Crippen LogP contribution in [-0.2, 0) is 12.4 Å². The zero-order valence-electron chi connectivity index (χ0n) is 23.6. The summed E-state index contributed by atoms with van der Waals surface area (Å²) in [7, 11) is 1.45. The Hall–Kier alpha value is -5.28. The van der Waals surface area contributed by atoms with Gasteiger partial charge in [0.2, 0.25) is 5.95 Å². The predicted molar refractivity (Wildman–Crippen MR) is 153 cm³/mol. The van der Waals surface area contributed by atoms with E-state index in [-0.39, 0.29) is 40.1 Å². The molecular formula is C29H23F8N7O. The van der Waals surface area contributed by atoms with Crippen molar-refractivity contribution in [3.8, 4) is 5.75 Å². The zero-order chi connectivity index (χ0) is 32.9. The molecule has 0 radical (unpaired) electrons. The Bertz CT molecular complexity index is 1650. The Labute approximate surface area is 250 Å². The molecule has 1 heterocycles. The molecule has 0 fully saturated rings. The maximum absolute atomic E-state index is 13.9.